The number of ether oxygens (including phenoxy) is 1. The molecule has 0 N–H and O–H groups in total. The number of hydrogen-bond acceptors (Lipinski definition) is 4. The molecule has 0 saturated heterocycles. The van der Waals surface area contributed by atoms with Crippen molar-refractivity contribution in [2.24, 2.45) is 5.92 Å². The molecule has 1 fully saturated rings. The minimum atomic E-state index is -0.0876. The standard InChI is InChI=1S/C24H32N2O4/c1-19-12-13-22(30-19)17-26(16-20-8-4-3-5-9-20)23(27)18-25(14-15-29-2)24(28)21-10-6-7-11-21/h3-5,8-9,12-13,21H,6-7,10-11,14-18H2,1-2H3. The zero-order chi connectivity index (χ0) is 21.3. The summed E-state index contributed by atoms with van der Waals surface area (Å²) in [5.41, 5.74) is 1.04. The fourth-order valence-electron chi connectivity index (χ4n) is 3.96. The van der Waals surface area contributed by atoms with Crippen LogP contribution in [-0.4, -0.2) is 48.4 Å². The Morgan fingerprint density at radius 1 is 1.03 bits per heavy atom. The van der Waals surface area contributed by atoms with Gasteiger partial charge in [0.05, 0.1) is 19.7 Å². The number of furan rings is 1. The first kappa shape index (κ1) is 22.1. The first-order chi connectivity index (χ1) is 14.6. The highest BCUT2D eigenvalue weighted by Crippen LogP contribution is 2.26. The second-order valence-electron chi connectivity index (χ2n) is 7.98. The lowest BCUT2D eigenvalue weighted by atomic mass is 10.1. The number of carbonyl (C=O) groups excluding carboxylic acids is 2. The molecule has 1 aliphatic rings. The number of rotatable bonds is 10. The smallest absolute Gasteiger partial charge is 0.242 e. The second-order valence-corrected chi connectivity index (χ2v) is 7.98. The molecule has 30 heavy (non-hydrogen) atoms. The van der Waals surface area contributed by atoms with Crippen LogP contribution in [0.5, 0.6) is 0 Å². The molecule has 2 aromatic rings. The first-order valence-corrected chi connectivity index (χ1v) is 10.7. The molecular formula is C24H32N2O4. The Balaban J connectivity index is 1.73. The quantitative estimate of drug-likeness (QED) is 0.596. The van der Waals surface area contributed by atoms with Crippen molar-refractivity contribution in [1.82, 2.24) is 9.80 Å². The first-order valence-electron chi connectivity index (χ1n) is 10.7. The van der Waals surface area contributed by atoms with Gasteiger partial charge in [-0.2, -0.15) is 0 Å². The molecule has 0 bridgehead atoms. The highest BCUT2D eigenvalue weighted by atomic mass is 16.5. The number of methoxy groups -OCH3 is 1. The molecule has 0 spiro atoms. The van der Waals surface area contributed by atoms with Gasteiger partial charge in [0.2, 0.25) is 11.8 Å². The summed E-state index contributed by atoms with van der Waals surface area (Å²) in [6.07, 6.45) is 3.99. The number of nitrogens with zero attached hydrogens (tertiary/aromatic N) is 2. The van der Waals surface area contributed by atoms with Crippen LogP contribution >= 0.6 is 0 Å². The third kappa shape index (κ3) is 6.20. The van der Waals surface area contributed by atoms with Crippen molar-refractivity contribution >= 4 is 11.8 Å². The summed E-state index contributed by atoms with van der Waals surface area (Å²) >= 11 is 0. The molecule has 6 heteroatoms. The van der Waals surface area contributed by atoms with Crippen molar-refractivity contribution in [3.05, 3.63) is 59.5 Å². The van der Waals surface area contributed by atoms with Crippen LogP contribution in [0.25, 0.3) is 0 Å². The van der Waals surface area contributed by atoms with E-state index < -0.39 is 0 Å². The molecule has 1 aliphatic carbocycles. The summed E-state index contributed by atoms with van der Waals surface area (Å²) in [4.78, 5) is 29.7. The third-order valence-corrected chi connectivity index (χ3v) is 5.62. The summed E-state index contributed by atoms with van der Waals surface area (Å²) in [5.74, 6) is 1.57. The van der Waals surface area contributed by atoms with Crippen LogP contribution in [0.4, 0.5) is 0 Å². The maximum atomic E-state index is 13.3. The maximum Gasteiger partial charge on any atom is 0.242 e. The molecule has 6 nitrogen and oxygen atoms in total. The van der Waals surface area contributed by atoms with Crippen LogP contribution in [0.3, 0.4) is 0 Å². The molecule has 0 unspecified atom stereocenters. The average Bonchev–Trinajstić information content (AvgIpc) is 3.43. The van der Waals surface area contributed by atoms with Gasteiger partial charge in [-0.15, -0.1) is 0 Å². The lowest BCUT2D eigenvalue weighted by molar-refractivity contribution is -0.144. The largest absolute Gasteiger partial charge is 0.464 e. The number of benzene rings is 1. The van der Waals surface area contributed by atoms with Gasteiger partial charge in [-0.05, 0) is 37.5 Å². The van der Waals surface area contributed by atoms with E-state index in [1.165, 1.54) is 0 Å². The molecule has 1 saturated carbocycles. The number of aryl methyl sites for hydroxylation is 1. The molecule has 1 aromatic carbocycles. The van der Waals surface area contributed by atoms with E-state index in [0.717, 1.165) is 42.8 Å². The lowest BCUT2D eigenvalue weighted by Crippen LogP contribution is -2.45. The second kappa shape index (κ2) is 11.0. The highest BCUT2D eigenvalue weighted by Gasteiger charge is 2.29. The fourth-order valence-corrected chi connectivity index (χ4v) is 3.96. The van der Waals surface area contributed by atoms with Crippen LogP contribution in [-0.2, 0) is 27.4 Å². The van der Waals surface area contributed by atoms with Crippen molar-refractivity contribution in [2.75, 3.05) is 26.8 Å². The van der Waals surface area contributed by atoms with Gasteiger partial charge in [-0.1, -0.05) is 43.2 Å². The normalized spacial score (nSPS) is 14.1. The third-order valence-electron chi connectivity index (χ3n) is 5.62. The Morgan fingerprint density at radius 3 is 2.40 bits per heavy atom. The maximum absolute atomic E-state index is 13.3. The van der Waals surface area contributed by atoms with Gasteiger partial charge in [0, 0.05) is 26.1 Å². The van der Waals surface area contributed by atoms with E-state index in [-0.39, 0.29) is 24.3 Å². The molecular weight excluding hydrogens is 380 g/mol. The minimum absolute atomic E-state index is 0.0324. The minimum Gasteiger partial charge on any atom is -0.464 e. The van der Waals surface area contributed by atoms with Crippen LogP contribution in [0, 0.1) is 12.8 Å². The van der Waals surface area contributed by atoms with Crippen molar-refractivity contribution < 1.29 is 18.7 Å². The Labute approximate surface area is 178 Å². The van der Waals surface area contributed by atoms with E-state index in [2.05, 4.69) is 0 Å². The topological polar surface area (TPSA) is 63.0 Å². The van der Waals surface area contributed by atoms with Crippen molar-refractivity contribution in [2.45, 2.75) is 45.7 Å². The Hall–Kier alpha value is -2.60. The van der Waals surface area contributed by atoms with Gasteiger partial charge in [-0.25, -0.2) is 0 Å². The predicted molar refractivity (Wildman–Crippen MR) is 115 cm³/mol. The Morgan fingerprint density at radius 2 is 1.77 bits per heavy atom. The van der Waals surface area contributed by atoms with E-state index in [1.807, 2.05) is 49.4 Å². The summed E-state index contributed by atoms with van der Waals surface area (Å²) < 4.78 is 10.9. The summed E-state index contributed by atoms with van der Waals surface area (Å²) in [7, 11) is 1.61. The van der Waals surface area contributed by atoms with Gasteiger partial charge in [0.1, 0.15) is 11.5 Å². The Kier molecular flexibility index (Phi) is 8.08. The van der Waals surface area contributed by atoms with Crippen LogP contribution in [0.2, 0.25) is 0 Å². The van der Waals surface area contributed by atoms with Crippen molar-refractivity contribution in [3.63, 3.8) is 0 Å². The van der Waals surface area contributed by atoms with Crippen LogP contribution in [0.1, 0.15) is 42.8 Å². The highest BCUT2D eigenvalue weighted by molar-refractivity contribution is 5.86. The zero-order valence-electron chi connectivity index (χ0n) is 18.0. The van der Waals surface area contributed by atoms with E-state index in [1.54, 1.807) is 16.9 Å². The van der Waals surface area contributed by atoms with Gasteiger partial charge in [0.15, 0.2) is 0 Å². The number of hydrogen-bond donors (Lipinski definition) is 0. The molecule has 0 atom stereocenters. The number of carbonyl (C=O) groups is 2. The molecule has 1 heterocycles. The molecule has 0 aliphatic heterocycles. The van der Waals surface area contributed by atoms with E-state index in [9.17, 15) is 9.59 Å². The lowest BCUT2D eigenvalue weighted by Gasteiger charge is -2.29. The zero-order valence-corrected chi connectivity index (χ0v) is 18.0. The summed E-state index contributed by atoms with van der Waals surface area (Å²) in [6.45, 7) is 3.63. The van der Waals surface area contributed by atoms with Crippen LogP contribution in [0.15, 0.2) is 46.9 Å². The molecule has 0 radical (unpaired) electrons. The average molecular weight is 413 g/mol. The Bertz CT molecular complexity index is 812. The molecule has 1 aromatic heterocycles. The van der Waals surface area contributed by atoms with E-state index in [0.29, 0.717) is 26.2 Å². The molecule has 3 rings (SSSR count). The van der Waals surface area contributed by atoms with Crippen molar-refractivity contribution in [1.29, 1.82) is 0 Å². The fraction of sp³-hybridized carbons (Fsp3) is 0.500. The predicted octanol–water partition coefficient (Wildman–Crippen LogP) is 3.78. The van der Waals surface area contributed by atoms with Gasteiger partial charge in [0.25, 0.3) is 0 Å². The van der Waals surface area contributed by atoms with Gasteiger partial charge < -0.3 is 19.0 Å². The van der Waals surface area contributed by atoms with Crippen LogP contribution < -0.4 is 0 Å². The van der Waals surface area contributed by atoms with Gasteiger partial charge >= 0.3 is 0 Å². The summed E-state index contributed by atoms with van der Waals surface area (Å²) in [6, 6.07) is 13.7. The SMILES string of the molecule is COCCN(CC(=O)N(Cc1ccccc1)Cc1ccc(C)o1)C(=O)C1CCCC1. The molecule has 162 valence electrons. The number of amides is 2. The monoisotopic (exact) mass is 412 g/mol. The summed E-state index contributed by atoms with van der Waals surface area (Å²) in [5, 5.41) is 0. The van der Waals surface area contributed by atoms with Crippen molar-refractivity contribution in [3.8, 4) is 0 Å². The molecule has 2 amide bonds. The van der Waals surface area contributed by atoms with Gasteiger partial charge in [-0.3, -0.25) is 9.59 Å². The van der Waals surface area contributed by atoms with E-state index >= 15 is 0 Å². The van der Waals surface area contributed by atoms with E-state index in [4.69, 9.17) is 9.15 Å².